The summed E-state index contributed by atoms with van der Waals surface area (Å²) in [5.74, 6) is 3.92. The minimum atomic E-state index is 0.137. The molecule has 0 spiro atoms. The molecule has 4 aliphatic carbocycles. The van der Waals surface area contributed by atoms with E-state index in [0.717, 1.165) is 60.6 Å². The number of methoxy groups -OCH3 is 1. The summed E-state index contributed by atoms with van der Waals surface area (Å²) in [6.45, 7) is 3.30. The van der Waals surface area contributed by atoms with E-state index in [0.29, 0.717) is 5.41 Å². The highest BCUT2D eigenvalue weighted by Crippen LogP contribution is 2.62. The number of fused-ring (bicyclic) bond motifs is 1. The van der Waals surface area contributed by atoms with Crippen molar-refractivity contribution in [2.75, 3.05) is 33.3 Å². The lowest BCUT2D eigenvalue weighted by Gasteiger charge is -2.57. The molecule has 3 aromatic carbocycles. The Bertz CT molecular complexity index is 1290. The zero-order valence-electron chi connectivity index (χ0n) is 21.3. The van der Waals surface area contributed by atoms with Crippen LogP contribution in [-0.4, -0.2) is 44.1 Å². The van der Waals surface area contributed by atoms with Crippen molar-refractivity contribution in [3.63, 3.8) is 0 Å². The van der Waals surface area contributed by atoms with Crippen molar-refractivity contribution < 1.29 is 9.53 Å². The van der Waals surface area contributed by atoms with Gasteiger partial charge in [0.2, 0.25) is 0 Å². The highest BCUT2D eigenvalue weighted by Gasteiger charge is 2.52. The van der Waals surface area contributed by atoms with Crippen LogP contribution < -0.4 is 10.1 Å². The molecular formula is C32H36N2O2. The van der Waals surface area contributed by atoms with Crippen molar-refractivity contribution in [2.24, 2.45) is 17.8 Å². The van der Waals surface area contributed by atoms with Gasteiger partial charge in [0.1, 0.15) is 5.75 Å². The third-order valence-corrected chi connectivity index (χ3v) is 9.63. The molecular weight excluding hydrogens is 444 g/mol. The van der Waals surface area contributed by atoms with E-state index in [-0.39, 0.29) is 5.91 Å². The number of hydrogen-bond donors (Lipinski definition) is 1. The first-order valence-electron chi connectivity index (χ1n) is 13.8. The van der Waals surface area contributed by atoms with Gasteiger partial charge in [-0.05, 0) is 114 Å². The van der Waals surface area contributed by atoms with Gasteiger partial charge in [-0.3, -0.25) is 4.79 Å². The molecule has 5 fully saturated rings. The van der Waals surface area contributed by atoms with Gasteiger partial charge >= 0.3 is 0 Å². The third kappa shape index (κ3) is 3.73. The number of ether oxygens (including phenoxy) is 1. The molecule has 1 heterocycles. The Morgan fingerprint density at radius 2 is 1.44 bits per heavy atom. The molecule has 4 nitrogen and oxygen atoms in total. The molecule has 8 rings (SSSR count). The first-order valence-corrected chi connectivity index (χ1v) is 13.8. The topological polar surface area (TPSA) is 41.6 Å². The molecule has 4 saturated carbocycles. The summed E-state index contributed by atoms with van der Waals surface area (Å²) >= 11 is 0. The summed E-state index contributed by atoms with van der Waals surface area (Å²) in [5, 5.41) is 5.62. The third-order valence-electron chi connectivity index (χ3n) is 9.63. The number of benzene rings is 3. The Balaban J connectivity index is 1.22. The predicted octanol–water partition coefficient (Wildman–Crippen LogP) is 6.03. The van der Waals surface area contributed by atoms with Crippen LogP contribution in [0.3, 0.4) is 0 Å². The van der Waals surface area contributed by atoms with Gasteiger partial charge in [0.15, 0.2) is 0 Å². The molecule has 1 aliphatic heterocycles. The van der Waals surface area contributed by atoms with Crippen molar-refractivity contribution in [3.05, 3.63) is 65.7 Å². The van der Waals surface area contributed by atoms with E-state index in [1.54, 1.807) is 0 Å². The largest absolute Gasteiger partial charge is 0.496 e. The van der Waals surface area contributed by atoms with Gasteiger partial charge in [0.25, 0.3) is 5.91 Å². The number of carbonyl (C=O) groups excluding carboxylic acids is 1. The lowest BCUT2D eigenvalue weighted by molar-refractivity contribution is -0.00613. The minimum Gasteiger partial charge on any atom is -0.496 e. The highest BCUT2D eigenvalue weighted by atomic mass is 16.5. The smallest absolute Gasteiger partial charge is 0.253 e. The molecule has 4 bridgehead atoms. The van der Waals surface area contributed by atoms with E-state index in [9.17, 15) is 4.79 Å². The summed E-state index contributed by atoms with van der Waals surface area (Å²) in [6.07, 6.45) is 8.35. The fourth-order valence-electron chi connectivity index (χ4n) is 8.35. The molecule has 1 N–H and O–H groups in total. The van der Waals surface area contributed by atoms with Crippen molar-refractivity contribution in [2.45, 2.75) is 43.9 Å². The first-order chi connectivity index (χ1) is 17.6. The maximum absolute atomic E-state index is 13.0. The minimum absolute atomic E-state index is 0.137. The fraction of sp³-hybridized carbons (Fsp3) is 0.469. The summed E-state index contributed by atoms with van der Waals surface area (Å²) in [4.78, 5) is 14.9. The number of nitrogens with one attached hydrogen (secondary N) is 1. The molecule has 5 aliphatic rings. The van der Waals surface area contributed by atoms with Crippen LogP contribution in [0.15, 0.2) is 54.6 Å². The normalized spacial score (nSPS) is 29.0. The van der Waals surface area contributed by atoms with Crippen molar-refractivity contribution >= 4 is 16.7 Å². The second-order valence-corrected chi connectivity index (χ2v) is 11.9. The monoisotopic (exact) mass is 480 g/mol. The Morgan fingerprint density at radius 1 is 0.833 bits per heavy atom. The molecule has 4 heteroatoms. The SMILES string of the molecule is COc1ccc(-c2ccc3cc(C(=O)N4CCNCC4)ccc3c2)cc1C12CC3CC(CC(C3)C1)C2. The molecule has 0 aromatic heterocycles. The van der Waals surface area contributed by atoms with E-state index in [2.05, 4.69) is 53.8 Å². The van der Waals surface area contributed by atoms with Gasteiger partial charge in [-0.15, -0.1) is 0 Å². The molecule has 0 atom stereocenters. The van der Waals surface area contributed by atoms with E-state index in [1.165, 1.54) is 60.6 Å². The number of amides is 1. The van der Waals surface area contributed by atoms with E-state index >= 15 is 0 Å². The van der Waals surface area contributed by atoms with Crippen LogP contribution in [-0.2, 0) is 5.41 Å². The zero-order valence-corrected chi connectivity index (χ0v) is 21.3. The van der Waals surface area contributed by atoms with Crippen molar-refractivity contribution in [1.29, 1.82) is 0 Å². The van der Waals surface area contributed by atoms with Gasteiger partial charge in [-0.2, -0.15) is 0 Å². The van der Waals surface area contributed by atoms with Crippen LogP contribution in [0, 0.1) is 17.8 Å². The summed E-state index contributed by atoms with van der Waals surface area (Å²) in [7, 11) is 1.83. The number of nitrogens with zero attached hydrogens (tertiary/aromatic N) is 1. The van der Waals surface area contributed by atoms with Crippen LogP contribution in [0.2, 0.25) is 0 Å². The van der Waals surface area contributed by atoms with Gasteiger partial charge in [0.05, 0.1) is 7.11 Å². The second-order valence-electron chi connectivity index (χ2n) is 11.9. The number of rotatable bonds is 4. The van der Waals surface area contributed by atoms with Crippen LogP contribution in [0.4, 0.5) is 0 Å². The summed E-state index contributed by atoms with van der Waals surface area (Å²) in [6, 6.07) is 19.7. The van der Waals surface area contributed by atoms with Gasteiger partial charge < -0.3 is 15.0 Å². The molecule has 1 saturated heterocycles. The van der Waals surface area contributed by atoms with Crippen LogP contribution >= 0.6 is 0 Å². The number of hydrogen-bond acceptors (Lipinski definition) is 3. The number of piperazine rings is 1. The lowest BCUT2D eigenvalue weighted by atomic mass is 9.48. The van der Waals surface area contributed by atoms with Crippen LogP contribution in [0.25, 0.3) is 21.9 Å². The molecule has 3 aromatic rings. The Morgan fingerprint density at radius 3 is 2.14 bits per heavy atom. The molecule has 1 amide bonds. The van der Waals surface area contributed by atoms with Gasteiger partial charge in [-0.25, -0.2) is 0 Å². The van der Waals surface area contributed by atoms with Crippen molar-refractivity contribution in [3.8, 4) is 16.9 Å². The second kappa shape index (κ2) is 8.62. The highest BCUT2D eigenvalue weighted by molar-refractivity contribution is 5.99. The summed E-state index contributed by atoms with van der Waals surface area (Å²) in [5.41, 5.74) is 5.03. The molecule has 0 unspecified atom stereocenters. The van der Waals surface area contributed by atoms with Gasteiger partial charge in [0, 0.05) is 37.3 Å². The number of carbonyl (C=O) groups is 1. The van der Waals surface area contributed by atoms with Crippen molar-refractivity contribution in [1.82, 2.24) is 10.2 Å². The molecule has 186 valence electrons. The lowest BCUT2D eigenvalue weighted by Crippen LogP contribution is -2.48. The Kier molecular flexibility index (Phi) is 5.35. The van der Waals surface area contributed by atoms with Crippen LogP contribution in [0.1, 0.15) is 54.4 Å². The van der Waals surface area contributed by atoms with E-state index in [1.807, 2.05) is 18.1 Å². The molecule has 36 heavy (non-hydrogen) atoms. The Hall–Kier alpha value is -2.85. The van der Waals surface area contributed by atoms with Gasteiger partial charge in [-0.1, -0.05) is 24.3 Å². The van der Waals surface area contributed by atoms with E-state index < -0.39 is 0 Å². The fourth-order valence-corrected chi connectivity index (χ4v) is 8.35. The standard InChI is InChI=1S/C32H36N2O2/c1-36-30-7-6-27(17-29(30)32-18-21-12-22(19-32)14-23(13-21)20-32)25-2-3-26-16-28(5-4-24(26)15-25)31(35)34-10-8-33-9-11-34/h2-7,15-17,21-23,33H,8-14,18-20H2,1H3. The average Bonchev–Trinajstić information content (AvgIpc) is 2.91. The predicted molar refractivity (Wildman–Crippen MR) is 145 cm³/mol. The first kappa shape index (κ1) is 22.4. The van der Waals surface area contributed by atoms with E-state index in [4.69, 9.17) is 4.74 Å². The maximum Gasteiger partial charge on any atom is 0.253 e. The quantitative estimate of drug-likeness (QED) is 0.496. The molecule has 0 radical (unpaired) electrons. The average molecular weight is 481 g/mol. The maximum atomic E-state index is 13.0. The van der Waals surface area contributed by atoms with Crippen LogP contribution in [0.5, 0.6) is 5.75 Å². The zero-order chi connectivity index (χ0) is 24.3. The summed E-state index contributed by atoms with van der Waals surface area (Å²) < 4.78 is 5.94. The Labute approximate surface area is 214 Å².